The van der Waals surface area contributed by atoms with Gasteiger partial charge in [0.05, 0.1) is 55.9 Å². The van der Waals surface area contributed by atoms with Crippen LogP contribution in [0.4, 0.5) is 0 Å². The fourth-order valence-electron chi connectivity index (χ4n) is 13.2. The maximum absolute atomic E-state index is 12.9. The monoisotopic (exact) mass is 884 g/mol. The van der Waals surface area contributed by atoms with E-state index < -0.39 is 130 Å². The summed E-state index contributed by atoms with van der Waals surface area (Å²) in [5.41, 5.74) is -3.41. The first-order chi connectivity index (χ1) is 28.0. The predicted molar refractivity (Wildman–Crippen MR) is 210 cm³/mol. The highest BCUT2D eigenvalue weighted by Gasteiger charge is 2.74. The molecule has 0 spiro atoms. The van der Waals surface area contributed by atoms with Crippen LogP contribution in [0, 0.1) is 52.3 Å². The summed E-state index contributed by atoms with van der Waals surface area (Å²) < 4.78 is 73.9. The Balaban J connectivity index is 1.13. The van der Waals surface area contributed by atoms with Crippen molar-refractivity contribution in [1.29, 1.82) is 0 Å². The van der Waals surface area contributed by atoms with E-state index in [0.29, 0.717) is 32.1 Å². The molecule has 0 aromatic carbocycles. The molecule has 6 fully saturated rings. The highest BCUT2D eigenvalue weighted by molar-refractivity contribution is 7.80. The van der Waals surface area contributed by atoms with Crippen LogP contribution in [0.15, 0.2) is 0 Å². The second-order valence-electron chi connectivity index (χ2n) is 19.7. The molecule has 0 aromatic rings. The van der Waals surface area contributed by atoms with Gasteiger partial charge in [0.15, 0.2) is 12.6 Å². The Hall–Kier alpha value is -0.690. The highest BCUT2D eigenvalue weighted by Crippen LogP contribution is 2.70. The van der Waals surface area contributed by atoms with Crippen molar-refractivity contribution in [2.75, 3.05) is 34.0 Å². The Labute approximate surface area is 353 Å². The van der Waals surface area contributed by atoms with Gasteiger partial charge in [0, 0.05) is 32.5 Å². The molecule has 9 N–H and O–H groups in total. The van der Waals surface area contributed by atoms with E-state index in [1.165, 1.54) is 14.2 Å². The van der Waals surface area contributed by atoms with Crippen LogP contribution < -0.4 is 0 Å². The molecule has 6 aliphatic rings. The molecule has 2 aliphatic heterocycles. The number of hydrogen-bond donors (Lipinski definition) is 9. The van der Waals surface area contributed by atoms with Gasteiger partial charge in [0.1, 0.15) is 36.6 Å². The summed E-state index contributed by atoms with van der Waals surface area (Å²) >= 11 is 0. The van der Waals surface area contributed by atoms with E-state index in [9.17, 15) is 53.8 Å². The van der Waals surface area contributed by atoms with Crippen molar-refractivity contribution in [3.63, 3.8) is 0 Å². The summed E-state index contributed by atoms with van der Waals surface area (Å²) in [6, 6.07) is 0. The Morgan fingerprint density at radius 3 is 2.03 bits per heavy atom. The van der Waals surface area contributed by atoms with Crippen LogP contribution >= 0.6 is 0 Å². The number of rotatable bonds is 15. The lowest BCUT2D eigenvalue weighted by Gasteiger charge is -2.66. The average molecular weight is 885 g/mol. The van der Waals surface area contributed by atoms with Crippen molar-refractivity contribution < 1.29 is 86.4 Å². The number of ether oxygens (including phenoxy) is 6. The molecule has 22 unspecified atom stereocenters. The van der Waals surface area contributed by atoms with Gasteiger partial charge in [-0.3, -0.25) is 4.55 Å². The maximum atomic E-state index is 12.9. The van der Waals surface area contributed by atoms with Gasteiger partial charge >= 0.3 is 10.4 Å². The molecular formula is C41H72O18S. The molecule has 4 saturated carbocycles. The van der Waals surface area contributed by atoms with Gasteiger partial charge in [0.25, 0.3) is 0 Å². The Morgan fingerprint density at radius 2 is 1.40 bits per heavy atom. The first-order valence-electron chi connectivity index (χ1n) is 21.7. The molecule has 350 valence electrons. The fraction of sp³-hybridized carbons (Fsp3) is 1.00. The van der Waals surface area contributed by atoms with Gasteiger partial charge in [-0.25, -0.2) is 4.18 Å². The van der Waals surface area contributed by atoms with Crippen molar-refractivity contribution in [2.24, 2.45) is 52.3 Å². The van der Waals surface area contributed by atoms with Crippen LogP contribution in [0.2, 0.25) is 0 Å². The Morgan fingerprint density at radius 1 is 0.733 bits per heavy atom. The third-order valence-corrected chi connectivity index (χ3v) is 16.6. The number of hydrogen-bond acceptors (Lipinski definition) is 17. The molecule has 6 rings (SSSR count). The molecule has 19 heteroatoms. The average Bonchev–Trinajstić information content (AvgIpc) is 3.37. The summed E-state index contributed by atoms with van der Waals surface area (Å²) in [6.07, 6.45) is -11.8. The minimum Gasteiger partial charge on any atom is -0.390 e. The lowest BCUT2D eigenvalue weighted by Crippen LogP contribution is -2.71. The molecule has 2 saturated heterocycles. The summed E-state index contributed by atoms with van der Waals surface area (Å²) in [7, 11) is -2.24. The minimum atomic E-state index is -5.03. The second-order valence-corrected chi connectivity index (χ2v) is 20.8. The van der Waals surface area contributed by atoms with Gasteiger partial charge < -0.3 is 69.3 Å². The van der Waals surface area contributed by atoms with Gasteiger partial charge in [-0.1, -0.05) is 41.0 Å². The molecule has 0 radical (unpaired) electrons. The Kier molecular flexibility index (Phi) is 15.2. The van der Waals surface area contributed by atoms with E-state index in [2.05, 4.69) is 13.8 Å². The molecular weight excluding hydrogens is 813 g/mol. The van der Waals surface area contributed by atoms with Crippen LogP contribution in [-0.4, -0.2) is 173 Å². The van der Waals surface area contributed by atoms with E-state index >= 15 is 0 Å². The third kappa shape index (κ3) is 8.97. The molecule has 22 atom stereocenters. The lowest BCUT2D eigenvalue weighted by atomic mass is 9.41. The Bertz CT molecular complexity index is 1540. The number of aliphatic hydroxyl groups is 8. The zero-order valence-electron chi connectivity index (χ0n) is 35.9. The smallest absolute Gasteiger partial charge is 0.390 e. The molecule has 0 bridgehead atoms. The molecule has 2 heterocycles. The van der Waals surface area contributed by atoms with Gasteiger partial charge in [-0.15, -0.1) is 0 Å². The van der Waals surface area contributed by atoms with Gasteiger partial charge in [-0.05, 0) is 78.9 Å². The maximum Gasteiger partial charge on any atom is 0.397 e. The summed E-state index contributed by atoms with van der Waals surface area (Å²) in [5.74, 6) is -2.48. The van der Waals surface area contributed by atoms with Crippen LogP contribution in [0.3, 0.4) is 0 Å². The SMILES string of the molecule is COC1COC(OCCC(CCC(C)C2C(O)C(O)C3C2(C)CCC2C4(C)CCC(O)C(O)C4C(OS(=O)(=O)O)CC23O)C(C)C)C(OC2OCC(O)C(O)C2OC)C1O. The number of methoxy groups -OCH3 is 2. The second kappa shape index (κ2) is 18.7. The molecule has 0 aromatic heterocycles. The topological polar surface area (TPSA) is 281 Å². The predicted octanol–water partition coefficient (Wildman–Crippen LogP) is 0.137. The van der Waals surface area contributed by atoms with E-state index in [1.54, 1.807) is 0 Å². The van der Waals surface area contributed by atoms with Crippen molar-refractivity contribution in [3.05, 3.63) is 0 Å². The number of fused-ring (bicyclic) bond motifs is 5. The van der Waals surface area contributed by atoms with Crippen LogP contribution in [-0.2, 0) is 43.0 Å². The zero-order chi connectivity index (χ0) is 44.3. The molecule has 0 amide bonds. The largest absolute Gasteiger partial charge is 0.397 e. The first kappa shape index (κ1) is 48.8. The fourth-order valence-corrected chi connectivity index (χ4v) is 13.7. The summed E-state index contributed by atoms with van der Waals surface area (Å²) in [4.78, 5) is 0. The van der Waals surface area contributed by atoms with Crippen molar-refractivity contribution >= 4 is 10.4 Å². The van der Waals surface area contributed by atoms with E-state index in [1.807, 2.05) is 20.8 Å². The van der Waals surface area contributed by atoms with Crippen LogP contribution in [0.1, 0.15) is 86.0 Å². The third-order valence-electron chi connectivity index (χ3n) is 16.1. The minimum absolute atomic E-state index is 0.0399. The molecule has 18 nitrogen and oxygen atoms in total. The van der Waals surface area contributed by atoms with Crippen LogP contribution in [0.25, 0.3) is 0 Å². The van der Waals surface area contributed by atoms with Gasteiger partial charge in [0.2, 0.25) is 0 Å². The quantitative estimate of drug-likeness (QED) is 0.0989. The molecule has 4 aliphatic carbocycles. The van der Waals surface area contributed by atoms with Crippen molar-refractivity contribution in [2.45, 2.75) is 171 Å². The number of aliphatic hydroxyl groups excluding tert-OH is 7. The summed E-state index contributed by atoms with van der Waals surface area (Å²) in [6.45, 7) is 10.2. The van der Waals surface area contributed by atoms with E-state index in [4.69, 9.17) is 32.6 Å². The van der Waals surface area contributed by atoms with Crippen LogP contribution in [0.5, 0.6) is 0 Å². The normalized spacial score (nSPS) is 49.5. The van der Waals surface area contributed by atoms with Crippen molar-refractivity contribution in [3.8, 4) is 0 Å². The zero-order valence-corrected chi connectivity index (χ0v) is 36.7. The highest BCUT2D eigenvalue weighted by atomic mass is 32.3. The standard InChI is InChI=1S/C41H72O18S/c1-19(2)21(12-15-55-37-35(31(46)25(53-6)18-57-37)58-38-34(54-7)30(45)23(43)17-56-38)9-8-20(3)27-32(47)33(48)36-40(27,5)14-11-26-39(4)13-10-22(42)29(44)28(39)24(16-41(26,36)49)59-60(50,51)52/h19-38,42-49H,8-18H2,1-7H3,(H,50,51,52). The lowest BCUT2D eigenvalue weighted by molar-refractivity contribution is -0.346. The van der Waals surface area contributed by atoms with E-state index in [0.717, 1.165) is 6.42 Å². The summed E-state index contributed by atoms with van der Waals surface area (Å²) in [5, 5.41) is 90.2. The van der Waals surface area contributed by atoms with Crippen molar-refractivity contribution in [1.82, 2.24) is 0 Å². The molecule has 60 heavy (non-hydrogen) atoms. The van der Waals surface area contributed by atoms with Gasteiger partial charge in [-0.2, -0.15) is 8.42 Å². The van der Waals surface area contributed by atoms with E-state index in [-0.39, 0.29) is 50.4 Å². The first-order valence-corrected chi connectivity index (χ1v) is 23.1.